The van der Waals surface area contributed by atoms with E-state index in [-0.39, 0.29) is 21.9 Å². The fraction of sp³-hybridized carbons (Fsp3) is 0.154. The highest BCUT2D eigenvalue weighted by Gasteiger charge is 2.24. The van der Waals surface area contributed by atoms with Crippen molar-refractivity contribution in [2.45, 2.75) is 18.7 Å². The summed E-state index contributed by atoms with van der Waals surface area (Å²) in [4.78, 5) is 10.5. The number of hydrogen-bond acceptors (Lipinski definition) is 4. The summed E-state index contributed by atoms with van der Waals surface area (Å²) in [6, 6.07) is 4.89. The fourth-order valence-corrected chi connectivity index (χ4v) is 3.06. The monoisotopic (exact) mass is 313 g/mol. The van der Waals surface area contributed by atoms with Crippen LogP contribution in [-0.2, 0) is 10.0 Å². The summed E-state index contributed by atoms with van der Waals surface area (Å²) in [7, 11) is -4.07. The number of furan rings is 1. The molecule has 0 fully saturated rings. The van der Waals surface area contributed by atoms with Crippen molar-refractivity contribution in [2.24, 2.45) is 0 Å². The first-order valence-corrected chi connectivity index (χ1v) is 7.32. The van der Waals surface area contributed by atoms with E-state index in [2.05, 4.69) is 4.72 Å². The molecule has 0 saturated carbocycles. The lowest BCUT2D eigenvalue weighted by Crippen LogP contribution is -2.14. The molecule has 0 aliphatic carbocycles. The molecule has 2 rings (SSSR count). The van der Waals surface area contributed by atoms with Crippen molar-refractivity contribution in [1.82, 2.24) is 0 Å². The van der Waals surface area contributed by atoms with Gasteiger partial charge < -0.3 is 9.52 Å². The van der Waals surface area contributed by atoms with Crippen molar-refractivity contribution in [3.63, 3.8) is 0 Å². The molecule has 8 heteroatoms. The van der Waals surface area contributed by atoms with E-state index >= 15 is 0 Å². The molecule has 6 nitrogen and oxygen atoms in total. The molecule has 1 aromatic heterocycles. The van der Waals surface area contributed by atoms with Crippen LogP contribution in [0.1, 0.15) is 21.9 Å². The van der Waals surface area contributed by atoms with Gasteiger partial charge in [0, 0.05) is 11.6 Å². The summed E-state index contributed by atoms with van der Waals surface area (Å²) in [6.07, 6.45) is 0. The third-order valence-corrected chi connectivity index (χ3v) is 4.36. The van der Waals surface area contributed by atoms with Crippen molar-refractivity contribution in [2.75, 3.05) is 4.72 Å². The number of benzene rings is 1. The standard InChI is InChI=1S/C13H12FNO5S/c1-7-9(14)4-3-5-10(7)15-21(18,19)12-6-11(13(16)17)20-8(12)2/h3-6,15H,1-2H3,(H,16,17). The number of carbonyl (C=O) groups is 1. The van der Waals surface area contributed by atoms with Crippen LogP contribution in [0.4, 0.5) is 10.1 Å². The summed E-state index contributed by atoms with van der Waals surface area (Å²) in [5.41, 5.74) is 0.216. The number of rotatable bonds is 4. The molecule has 1 heterocycles. The van der Waals surface area contributed by atoms with Crippen molar-refractivity contribution >= 4 is 21.7 Å². The third-order valence-electron chi connectivity index (χ3n) is 2.88. The lowest BCUT2D eigenvalue weighted by molar-refractivity contribution is 0.0661. The minimum Gasteiger partial charge on any atom is -0.475 e. The number of nitrogens with one attached hydrogen (secondary N) is 1. The highest BCUT2D eigenvalue weighted by atomic mass is 32.2. The summed E-state index contributed by atoms with van der Waals surface area (Å²) in [5, 5.41) is 8.80. The van der Waals surface area contributed by atoms with Gasteiger partial charge >= 0.3 is 5.97 Å². The van der Waals surface area contributed by atoms with Gasteiger partial charge in [-0.2, -0.15) is 0 Å². The molecule has 0 amide bonds. The molecular formula is C13H12FNO5S. The van der Waals surface area contributed by atoms with Gasteiger partial charge in [0.2, 0.25) is 5.76 Å². The second-order valence-electron chi connectivity index (χ2n) is 4.35. The summed E-state index contributed by atoms with van der Waals surface area (Å²) in [5.74, 6) is -2.47. The zero-order valence-corrected chi connectivity index (χ0v) is 12.0. The van der Waals surface area contributed by atoms with Crippen molar-refractivity contribution in [1.29, 1.82) is 0 Å². The van der Waals surface area contributed by atoms with Crippen LogP contribution in [-0.4, -0.2) is 19.5 Å². The average molecular weight is 313 g/mol. The number of aromatic carboxylic acids is 1. The Labute approximate surface area is 120 Å². The van der Waals surface area contributed by atoms with E-state index < -0.39 is 27.6 Å². The van der Waals surface area contributed by atoms with Crippen LogP contribution in [0, 0.1) is 19.7 Å². The quantitative estimate of drug-likeness (QED) is 0.904. The third kappa shape index (κ3) is 2.89. The molecule has 0 radical (unpaired) electrons. The summed E-state index contributed by atoms with van der Waals surface area (Å²) < 4.78 is 45.0. The van der Waals surface area contributed by atoms with E-state index in [1.165, 1.54) is 32.0 Å². The Bertz CT molecular complexity index is 810. The number of halogens is 1. The SMILES string of the molecule is Cc1oc(C(=O)O)cc1S(=O)(=O)Nc1cccc(F)c1C. The van der Waals surface area contributed by atoms with E-state index in [1.807, 2.05) is 0 Å². The Kier molecular flexibility index (Phi) is 3.73. The Morgan fingerprint density at radius 2 is 2.00 bits per heavy atom. The lowest BCUT2D eigenvalue weighted by atomic mass is 10.2. The Balaban J connectivity index is 2.43. The molecule has 0 saturated heterocycles. The van der Waals surface area contributed by atoms with Gasteiger partial charge in [-0.15, -0.1) is 0 Å². The molecule has 1 aromatic carbocycles. The van der Waals surface area contributed by atoms with Gasteiger partial charge in [0.15, 0.2) is 0 Å². The van der Waals surface area contributed by atoms with Gasteiger partial charge in [-0.25, -0.2) is 17.6 Å². The van der Waals surface area contributed by atoms with Gasteiger partial charge in [-0.1, -0.05) is 6.07 Å². The number of hydrogen-bond donors (Lipinski definition) is 2. The number of anilines is 1. The molecule has 2 N–H and O–H groups in total. The number of aryl methyl sites for hydroxylation is 1. The molecule has 0 spiro atoms. The van der Waals surface area contributed by atoms with Crippen LogP contribution >= 0.6 is 0 Å². The maximum absolute atomic E-state index is 13.4. The van der Waals surface area contributed by atoms with Crippen LogP contribution in [0.5, 0.6) is 0 Å². The van der Waals surface area contributed by atoms with Gasteiger partial charge in [0.1, 0.15) is 16.5 Å². The first-order valence-electron chi connectivity index (χ1n) is 5.84. The number of carboxylic acid groups (broad SMARTS) is 1. The Morgan fingerprint density at radius 1 is 1.33 bits per heavy atom. The highest BCUT2D eigenvalue weighted by molar-refractivity contribution is 7.92. The minimum atomic E-state index is -4.07. The van der Waals surface area contributed by atoms with Crippen molar-refractivity contribution in [3.8, 4) is 0 Å². The number of sulfonamides is 1. The topological polar surface area (TPSA) is 96.6 Å². The predicted molar refractivity (Wildman–Crippen MR) is 72.3 cm³/mol. The minimum absolute atomic E-state index is 0.0612. The van der Waals surface area contributed by atoms with E-state index in [4.69, 9.17) is 9.52 Å². The second-order valence-corrected chi connectivity index (χ2v) is 6.00. The van der Waals surface area contributed by atoms with Gasteiger partial charge in [-0.05, 0) is 26.0 Å². The molecule has 0 aliphatic heterocycles. The van der Waals surface area contributed by atoms with E-state index in [1.54, 1.807) is 0 Å². The van der Waals surface area contributed by atoms with Crippen LogP contribution in [0.3, 0.4) is 0 Å². The molecule has 0 atom stereocenters. The van der Waals surface area contributed by atoms with E-state index in [0.29, 0.717) is 0 Å². The first-order chi connectivity index (χ1) is 9.72. The largest absolute Gasteiger partial charge is 0.475 e. The predicted octanol–water partition coefficient (Wildman–Crippen LogP) is 2.53. The van der Waals surface area contributed by atoms with Crippen molar-refractivity contribution < 1.29 is 27.1 Å². The highest BCUT2D eigenvalue weighted by Crippen LogP contribution is 2.25. The maximum Gasteiger partial charge on any atom is 0.371 e. The van der Waals surface area contributed by atoms with Crippen LogP contribution in [0.25, 0.3) is 0 Å². The van der Waals surface area contributed by atoms with Crippen molar-refractivity contribution in [3.05, 3.63) is 47.2 Å². The molecule has 112 valence electrons. The van der Waals surface area contributed by atoms with Gasteiger partial charge in [0.05, 0.1) is 5.69 Å². The second kappa shape index (κ2) is 5.21. The Hall–Kier alpha value is -2.35. The molecular weight excluding hydrogens is 301 g/mol. The molecule has 0 unspecified atom stereocenters. The van der Waals surface area contributed by atoms with Gasteiger partial charge in [-0.3, -0.25) is 4.72 Å². The lowest BCUT2D eigenvalue weighted by Gasteiger charge is -2.10. The van der Waals surface area contributed by atoms with E-state index in [0.717, 1.165) is 6.07 Å². The zero-order chi connectivity index (χ0) is 15.8. The fourth-order valence-electron chi connectivity index (χ4n) is 1.76. The van der Waals surface area contributed by atoms with Gasteiger partial charge in [0.25, 0.3) is 10.0 Å². The molecule has 21 heavy (non-hydrogen) atoms. The number of carboxylic acids is 1. The van der Waals surface area contributed by atoms with E-state index in [9.17, 15) is 17.6 Å². The Morgan fingerprint density at radius 3 is 2.57 bits per heavy atom. The average Bonchev–Trinajstić information content (AvgIpc) is 2.78. The molecule has 0 bridgehead atoms. The van der Waals surface area contributed by atoms with Crippen LogP contribution in [0.15, 0.2) is 33.6 Å². The first kappa shape index (κ1) is 15.0. The molecule has 2 aromatic rings. The zero-order valence-electron chi connectivity index (χ0n) is 11.2. The normalized spacial score (nSPS) is 11.4. The summed E-state index contributed by atoms with van der Waals surface area (Å²) in [6.45, 7) is 2.76. The van der Waals surface area contributed by atoms with Crippen LogP contribution < -0.4 is 4.72 Å². The maximum atomic E-state index is 13.4. The summed E-state index contributed by atoms with van der Waals surface area (Å²) >= 11 is 0. The van der Waals surface area contributed by atoms with Crippen LogP contribution in [0.2, 0.25) is 0 Å². The smallest absolute Gasteiger partial charge is 0.371 e. The molecule has 0 aliphatic rings.